The lowest BCUT2D eigenvalue weighted by Crippen LogP contribution is -2.41. The lowest BCUT2D eigenvalue weighted by atomic mass is 9.98. The van der Waals surface area contributed by atoms with Crippen molar-refractivity contribution in [1.82, 2.24) is 14.9 Å². The summed E-state index contributed by atoms with van der Waals surface area (Å²) in [6, 6.07) is 0. The van der Waals surface area contributed by atoms with Crippen molar-refractivity contribution in [2.75, 3.05) is 11.9 Å². The van der Waals surface area contributed by atoms with Crippen LogP contribution in [0, 0.1) is 0 Å². The number of carbonyl (C=O) groups is 1. The van der Waals surface area contributed by atoms with Crippen LogP contribution < -0.4 is 10.0 Å². The molecule has 0 saturated carbocycles. The minimum Gasteiger partial charge on any atom is -0.389 e. The molecule has 1 aromatic heterocycles. The zero-order valence-corrected chi connectivity index (χ0v) is 13.1. The summed E-state index contributed by atoms with van der Waals surface area (Å²) in [5.41, 5.74) is -1.09. The first-order chi connectivity index (χ1) is 9.22. The minimum absolute atomic E-state index is 0.0998. The van der Waals surface area contributed by atoms with Crippen LogP contribution in [0.1, 0.15) is 33.6 Å². The summed E-state index contributed by atoms with van der Waals surface area (Å²) in [6.07, 6.45) is 0.860. The van der Waals surface area contributed by atoms with Gasteiger partial charge in [0.2, 0.25) is 15.4 Å². The van der Waals surface area contributed by atoms with E-state index < -0.39 is 15.6 Å². The molecule has 1 aromatic rings. The molecule has 20 heavy (non-hydrogen) atoms. The van der Waals surface area contributed by atoms with Gasteiger partial charge in [-0.3, -0.25) is 4.79 Å². The quantitative estimate of drug-likeness (QED) is 0.622. The van der Waals surface area contributed by atoms with Gasteiger partial charge in [-0.15, -0.1) is 10.2 Å². The molecule has 114 valence electrons. The van der Waals surface area contributed by atoms with Crippen molar-refractivity contribution in [3.8, 4) is 0 Å². The Morgan fingerprint density at radius 2 is 1.95 bits per heavy atom. The van der Waals surface area contributed by atoms with Crippen molar-refractivity contribution in [3.63, 3.8) is 0 Å². The third-order valence-corrected chi connectivity index (χ3v) is 5.43. The Balaban J connectivity index is 2.79. The Bertz CT molecular complexity index is 566. The van der Waals surface area contributed by atoms with Crippen LogP contribution in [0.4, 0.5) is 5.13 Å². The Labute approximate surface area is 121 Å². The maximum absolute atomic E-state index is 12.0. The van der Waals surface area contributed by atoms with Gasteiger partial charge in [0.25, 0.3) is 10.0 Å². The molecule has 0 atom stereocenters. The van der Waals surface area contributed by atoms with Crippen LogP contribution >= 0.6 is 11.3 Å². The first-order valence-corrected chi connectivity index (χ1v) is 8.35. The molecule has 1 rings (SSSR count). The Kier molecular flexibility index (Phi) is 5.57. The molecular weight excluding hydrogens is 304 g/mol. The Morgan fingerprint density at radius 3 is 2.45 bits per heavy atom. The van der Waals surface area contributed by atoms with Crippen LogP contribution in [0.15, 0.2) is 4.34 Å². The molecule has 10 heteroatoms. The molecule has 0 spiro atoms. The molecule has 0 unspecified atom stereocenters. The fourth-order valence-electron chi connectivity index (χ4n) is 1.31. The second kappa shape index (κ2) is 6.57. The van der Waals surface area contributed by atoms with Crippen LogP contribution in [-0.2, 0) is 14.8 Å². The molecule has 0 aliphatic heterocycles. The van der Waals surface area contributed by atoms with E-state index in [1.54, 1.807) is 13.8 Å². The zero-order valence-electron chi connectivity index (χ0n) is 11.5. The predicted molar refractivity (Wildman–Crippen MR) is 74.9 cm³/mol. The van der Waals surface area contributed by atoms with Crippen LogP contribution in [0.25, 0.3) is 0 Å². The summed E-state index contributed by atoms with van der Waals surface area (Å²) in [5.74, 6) is -0.357. The van der Waals surface area contributed by atoms with Gasteiger partial charge in [-0.25, -0.2) is 13.1 Å². The molecule has 0 bridgehead atoms. The van der Waals surface area contributed by atoms with Gasteiger partial charge in [0.15, 0.2) is 0 Å². The van der Waals surface area contributed by atoms with E-state index in [0.717, 1.165) is 11.3 Å². The molecule has 3 N–H and O–H groups in total. The van der Waals surface area contributed by atoms with Crippen molar-refractivity contribution in [3.05, 3.63) is 0 Å². The van der Waals surface area contributed by atoms with Gasteiger partial charge >= 0.3 is 0 Å². The highest BCUT2D eigenvalue weighted by molar-refractivity contribution is 7.91. The van der Waals surface area contributed by atoms with E-state index in [9.17, 15) is 18.3 Å². The predicted octanol–water partition coefficient (Wildman–Crippen LogP) is 0.326. The SMILES string of the molecule is CCC(O)(CC)CNS(=O)(=O)c1nnc(NC(C)=O)s1. The van der Waals surface area contributed by atoms with E-state index in [2.05, 4.69) is 20.2 Å². The average molecular weight is 322 g/mol. The average Bonchev–Trinajstić information content (AvgIpc) is 2.84. The van der Waals surface area contributed by atoms with E-state index >= 15 is 0 Å². The van der Waals surface area contributed by atoms with Gasteiger partial charge in [0.1, 0.15) is 0 Å². The first-order valence-electron chi connectivity index (χ1n) is 6.05. The lowest BCUT2D eigenvalue weighted by molar-refractivity contribution is -0.114. The van der Waals surface area contributed by atoms with Crippen LogP contribution in [-0.4, -0.2) is 41.8 Å². The van der Waals surface area contributed by atoms with Crippen molar-refractivity contribution < 1.29 is 18.3 Å². The number of hydrogen-bond donors (Lipinski definition) is 3. The van der Waals surface area contributed by atoms with Gasteiger partial charge in [0, 0.05) is 13.5 Å². The second-order valence-corrected chi connectivity index (χ2v) is 7.23. The first kappa shape index (κ1) is 17.0. The maximum atomic E-state index is 12.0. The highest BCUT2D eigenvalue weighted by Gasteiger charge is 2.27. The summed E-state index contributed by atoms with van der Waals surface area (Å²) in [7, 11) is -3.85. The highest BCUT2D eigenvalue weighted by Crippen LogP contribution is 2.20. The van der Waals surface area contributed by atoms with E-state index in [4.69, 9.17) is 0 Å². The van der Waals surface area contributed by atoms with E-state index in [1.807, 2.05) is 0 Å². The third kappa shape index (κ3) is 4.47. The molecule has 0 aromatic carbocycles. The smallest absolute Gasteiger partial charge is 0.269 e. The van der Waals surface area contributed by atoms with E-state index in [1.165, 1.54) is 6.92 Å². The number of rotatable bonds is 7. The second-order valence-electron chi connectivity index (χ2n) is 4.31. The van der Waals surface area contributed by atoms with Crippen molar-refractivity contribution in [2.45, 2.75) is 43.6 Å². The number of anilines is 1. The summed E-state index contributed by atoms with van der Waals surface area (Å²) >= 11 is 0.748. The van der Waals surface area contributed by atoms with Crippen LogP contribution in [0.2, 0.25) is 0 Å². The maximum Gasteiger partial charge on any atom is 0.269 e. The fraction of sp³-hybridized carbons (Fsp3) is 0.700. The number of nitrogens with zero attached hydrogens (tertiary/aromatic N) is 2. The standard InChI is InChI=1S/C10H18N4O4S2/c1-4-10(16,5-2)6-11-20(17,18)9-14-13-8(19-9)12-7(3)15/h11,16H,4-6H2,1-3H3,(H,12,13,15). The van der Waals surface area contributed by atoms with Crippen LogP contribution in [0.3, 0.4) is 0 Å². The van der Waals surface area contributed by atoms with Gasteiger partial charge in [-0.05, 0) is 12.8 Å². The molecule has 0 aliphatic carbocycles. The molecule has 0 fully saturated rings. The van der Waals surface area contributed by atoms with Crippen molar-refractivity contribution in [1.29, 1.82) is 0 Å². The Hall–Kier alpha value is -1.10. The van der Waals surface area contributed by atoms with Gasteiger partial charge in [-0.1, -0.05) is 25.2 Å². The zero-order chi connectivity index (χ0) is 15.4. The molecule has 0 saturated heterocycles. The minimum atomic E-state index is -3.85. The molecule has 0 aliphatic rings. The molecule has 0 radical (unpaired) electrons. The molecule has 8 nitrogen and oxygen atoms in total. The van der Waals surface area contributed by atoms with Crippen LogP contribution in [0.5, 0.6) is 0 Å². The number of sulfonamides is 1. The summed E-state index contributed by atoms with van der Waals surface area (Å²) in [6.45, 7) is 4.74. The van der Waals surface area contributed by atoms with Gasteiger partial charge in [0.05, 0.1) is 5.60 Å². The summed E-state index contributed by atoms with van der Waals surface area (Å²) < 4.78 is 26.0. The largest absolute Gasteiger partial charge is 0.389 e. The van der Waals surface area contributed by atoms with E-state index in [0.29, 0.717) is 12.8 Å². The van der Waals surface area contributed by atoms with Crippen molar-refractivity contribution in [2.24, 2.45) is 0 Å². The number of carbonyl (C=O) groups excluding carboxylic acids is 1. The topological polar surface area (TPSA) is 121 Å². The third-order valence-electron chi connectivity index (χ3n) is 2.83. The number of aliphatic hydroxyl groups is 1. The molecular formula is C10H18N4O4S2. The highest BCUT2D eigenvalue weighted by atomic mass is 32.2. The monoisotopic (exact) mass is 322 g/mol. The number of amides is 1. The number of nitrogens with one attached hydrogen (secondary N) is 2. The molecule has 1 amide bonds. The summed E-state index contributed by atoms with van der Waals surface area (Å²) in [5, 5.41) is 19.6. The van der Waals surface area contributed by atoms with Gasteiger partial charge in [-0.2, -0.15) is 0 Å². The lowest BCUT2D eigenvalue weighted by Gasteiger charge is -2.24. The fourth-order valence-corrected chi connectivity index (χ4v) is 3.42. The normalized spacial score (nSPS) is 12.4. The Morgan fingerprint density at radius 1 is 1.35 bits per heavy atom. The number of hydrogen-bond acceptors (Lipinski definition) is 7. The van der Waals surface area contributed by atoms with Gasteiger partial charge < -0.3 is 10.4 Å². The number of aromatic nitrogens is 2. The van der Waals surface area contributed by atoms with Crippen molar-refractivity contribution >= 4 is 32.4 Å². The molecule has 1 heterocycles. The summed E-state index contributed by atoms with van der Waals surface area (Å²) in [4.78, 5) is 10.8. The van der Waals surface area contributed by atoms with E-state index in [-0.39, 0.29) is 21.9 Å².